The normalized spacial score (nSPS) is 19.0. The number of halogens is 3. The number of aromatic nitrogens is 2. The Kier molecular flexibility index (Phi) is 17.1. The zero-order valence-corrected chi connectivity index (χ0v) is 42.0. The summed E-state index contributed by atoms with van der Waals surface area (Å²) >= 11 is 1.56. The summed E-state index contributed by atoms with van der Waals surface area (Å²) < 4.78 is 64.2. The van der Waals surface area contributed by atoms with E-state index in [1.807, 2.05) is 88.0 Å². The number of rotatable bonds is 21. The van der Waals surface area contributed by atoms with Gasteiger partial charge in [0.1, 0.15) is 48.4 Å². The Hall–Kier alpha value is -5.33. The van der Waals surface area contributed by atoms with Crippen molar-refractivity contribution >= 4 is 40.0 Å². The minimum Gasteiger partial charge on any atom is -0.491 e. The number of β-amino-alcohol motifs (C(OH)–C–C–N with tert-alkyl or cyclic N) is 1. The standard InChI is InChI=1S/C53H67F3N6O7S/c1-32-23-39-38-13-9-10-14-42(38)59-46(39)47(62(32)30-53(6,7)56)45-40(54)25-37(26-41(45)55)69-22-21-67-19-11-8-12-20-68-29-44(64)60-49(52(3,4)5)51(66)61-28-36(63)24-43(61)50(65)57-27-34-15-17-35(18-16-34)48-33(2)58-31-70-48/h9-10,13-18,25-26,31-32,36,43,47,49,59,63H,8,11-12,19-24,27-30H2,1-7H3,(H,57,65)(H,60,64)/t32-,36-,43+,47-,49-/m1/s1. The van der Waals surface area contributed by atoms with Crippen LogP contribution < -0.4 is 15.4 Å². The number of alkyl halides is 1. The second-order valence-corrected chi connectivity index (χ2v) is 21.1. The van der Waals surface area contributed by atoms with Crippen molar-refractivity contribution in [2.75, 3.05) is 46.1 Å². The average molecular weight is 989 g/mol. The summed E-state index contributed by atoms with van der Waals surface area (Å²) in [5.74, 6) is -2.84. The number of likely N-dealkylation sites (tertiary alicyclic amines) is 1. The van der Waals surface area contributed by atoms with Crippen LogP contribution in [0.3, 0.4) is 0 Å². The topological polar surface area (TPSA) is 158 Å². The molecule has 70 heavy (non-hydrogen) atoms. The molecule has 5 atom stereocenters. The number of carbonyl (C=O) groups is 3. The SMILES string of the molecule is Cc1ncsc1-c1ccc(CNC(=O)[C@@H]2C[C@@H](O)CN2C(=O)[C@@H](NC(=O)COCCCCCOCCOc2cc(F)c([C@@H]3c4[nH]c5ccccc5c4C[C@@H](C)N3CC(C)(C)F)c(F)c2)C(C)(C)C)cc1. The van der Waals surface area contributed by atoms with E-state index in [-0.39, 0.29) is 69.1 Å². The average Bonchev–Trinajstić information content (AvgIpc) is 4.02. The van der Waals surface area contributed by atoms with Crippen molar-refractivity contribution in [3.63, 3.8) is 0 Å². The van der Waals surface area contributed by atoms with E-state index in [9.17, 15) is 19.5 Å². The van der Waals surface area contributed by atoms with Gasteiger partial charge in [-0.1, -0.05) is 63.2 Å². The molecule has 0 saturated carbocycles. The fourth-order valence-electron chi connectivity index (χ4n) is 9.46. The first-order valence-corrected chi connectivity index (χ1v) is 25.0. The van der Waals surface area contributed by atoms with Gasteiger partial charge in [-0.05, 0) is 81.5 Å². The molecule has 7 rings (SSSR count). The molecule has 4 N–H and O–H groups in total. The quantitative estimate of drug-likeness (QED) is 0.0531. The summed E-state index contributed by atoms with van der Waals surface area (Å²) in [5, 5.41) is 17.3. The molecule has 17 heteroatoms. The number of hydrogen-bond acceptors (Lipinski definition) is 10. The van der Waals surface area contributed by atoms with Crippen LogP contribution in [0.25, 0.3) is 21.3 Å². The lowest BCUT2D eigenvalue weighted by atomic mass is 9.85. The first kappa shape index (κ1) is 52.5. The van der Waals surface area contributed by atoms with Crippen molar-refractivity contribution < 1.29 is 46.9 Å². The van der Waals surface area contributed by atoms with E-state index in [4.69, 9.17) is 14.2 Å². The molecular weight excluding hydrogens is 922 g/mol. The van der Waals surface area contributed by atoms with Crippen molar-refractivity contribution in [3.8, 4) is 16.2 Å². The number of unbranched alkanes of at least 4 members (excludes halogenated alkanes) is 2. The Bertz CT molecular complexity index is 2570. The van der Waals surface area contributed by atoms with Crippen molar-refractivity contribution in [1.82, 2.24) is 30.4 Å². The van der Waals surface area contributed by atoms with E-state index in [2.05, 4.69) is 20.6 Å². The summed E-state index contributed by atoms with van der Waals surface area (Å²) in [5.41, 5.74) is 4.71. The summed E-state index contributed by atoms with van der Waals surface area (Å²) in [6.07, 6.45) is 1.91. The van der Waals surface area contributed by atoms with E-state index >= 15 is 13.2 Å². The Morgan fingerprint density at radius 3 is 2.33 bits per heavy atom. The third kappa shape index (κ3) is 12.9. The number of nitrogens with zero attached hydrogens (tertiary/aromatic N) is 3. The maximum atomic E-state index is 16.0. The van der Waals surface area contributed by atoms with Crippen LogP contribution in [0.4, 0.5) is 13.2 Å². The summed E-state index contributed by atoms with van der Waals surface area (Å²) in [4.78, 5) is 52.4. The predicted molar refractivity (Wildman–Crippen MR) is 264 cm³/mol. The number of para-hydroxylation sites is 1. The van der Waals surface area contributed by atoms with Crippen molar-refractivity contribution in [1.29, 1.82) is 0 Å². The van der Waals surface area contributed by atoms with Gasteiger partial charge in [0.2, 0.25) is 17.7 Å². The van der Waals surface area contributed by atoms with Crippen molar-refractivity contribution in [2.45, 2.75) is 123 Å². The molecule has 2 aliphatic rings. The first-order chi connectivity index (χ1) is 33.3. The smallest absolute Gasteiger partial charge is 0.246 e. The second-order valence-electron chi connectivity index (χ2n) is 20.2. The van der Waals surface area contributed by atoms with Crippen LogP contribution in [-0.2, 0) is 36.8 Å². The summed E-state index contributed by atoms with van der Waals surface area (Å²) in [6, 6.07) is 15.0. The Balaban J connectivity index is 0.808. The number of H-pyrrole nitrogens is 1. The number of hydrogen-bond donors (Lipinski definition) is 4. The molecule has 2 aliphatic heterocycles. The van der Waals surface area contributed by atoms with Gasteiger partial charge >= 0.3 is 0 Å². The van der Waals surface area contributed by atoms with Gasteiger partial charge in [-0.2, -0.15) is 0 Å². The van der Waals surface area contributed by atoms with Crippen LogP contribution in [-0.4, -0.2) is 119 Å². The number of aliphatic hydroxyl groups excluding tert-OH is 1. The molecule has 1 saturated heterocycles. The van der Waals surface area contributed by atoms with Crippen molar-refractivity contribution in [3.05, 3.63) is 106 Å². The molecule has 0 radical (unpaired) electrons. The van der Waals surface area contributed by atoms with Gasteiger partial charge in [0.15, 0.2) is 0 Å². The molecule has 4 heterocycles. The highest BCUT2D eigenvalue weighted by Crippen LogP contribution is 2.44. The van der Waals surface area contributed by atoms with Gasteiger partial charge in [-0.15, -0.1) is 11.3 Å². The van der Waals surface area contributed by atoms with Crippen LogP contribution in [0, 0.1) is 24.0 Å². The number of amides is 3. The Morgan fingerprint density at radius 2 is 1.66 bits per heavy atom. The molecule has 378 valence electrons. The van der Waals surface area contributed by atoms with Gasteiger partial charge in [-0.25, -0.2) is 18.2 Å². The van der Waals surface area contributed by atoms with Gasteiger partial charge < -0.3 is 39.8 Å². The first-order valence-electron chi connectivity index (χ1n) is 24.2. The molecule has 3 amide bonds. The summed E-state index contributed by atoms with van der Waals surface area (Å²) in [7, 11) is 0. The largest absolute Gasteiger partial charge is 0.491 e. The highest BCUT2D eigenvalue weighted by atomic mass is 32.1. The third-order valence-corrected chi connectivity index (χ3v) is 13.9. The number of fused-ring (bicyclic) bond motifs is 3. The number of aryl methyl sites for hydroxylation is 1. The minimum absolute atomic E-state index is 0.0150. The number of ether oxygens (including phenoxy) is 3. The monoisotopic (exact) mass is 988 g/mol. The van der Waals surface area contributed by atoms with E-state index in [0.29, 0.717) is 38.2 Å². The number of benzene rings is 3. The minimum atomic E-state index is -1.60. The van der Waals surface area contributed by atoms with Crippen LogP contribution in [0.1, 0.15) is 101 Å². The third-order valence-electron chi connectivity index (χ3n) is 12.9. The predicted octanol–water partition coefficient (Wildman–Crippen LogP) is 8.35. The van der Waals surface area contributed by atoms with Gasteiger partial charge in [0.05, 0.1) is 34.8 Å². The lowest BCUT2D eigenvalue weighted by Crippen LogP contribution is -2.58. The van der Waals surface area contributed by atoms with Gasteiger partial charge in [0, 0.05) is 79.6 Å². The highest BCUT2D eigenvalue weighted by molar-refractivity contribution is 7.13. The molecule has 1 fully saturated rings. The van der Waals surface area contributed by atoms with E-state index in [1.165, 1.54) is 30.9 Å². The molecule has 3 aromatic carbocycles. The van der Waals surface area contributed by atoms with Gasteiger partial charge in [-0.3, -0.25) is 19.3 Å². The second kappa shape index (κ2) is 22.8. The zero-order chi connectivity index (χ0) is 50.3. The van der Waals surface area contributed by atoms with Crippen LogP contribution in [0.15, 0.2) is 66.2 Å². The zero-order valence-electron chi connectivity index (χ0n) is 41.2. The van der Waals surface area contributed by atoms with Crippen LogP contribution >= 0.6 is 11.3 Å². The molecule has 13 nitrogen and oxygen atoms in total. The number of carbonyl (C=O) groups excluding carboxylic acids is 3. The molecular formula is C53H67F3N6O7S. The maximum absolute atomic E-state index is 16.0. The number of aromatic amines is 1. The maximum Gasteiger partial charge on any atom is 0.246 e. The lowest BCUT2D eigenvalue weighted by Gasteiger charge is -2.43. The van der Waals surface area contributed by atoms with E-state index < -0.39 is 58.8 Å². The fourth-order valence-corrected chi connectivity index (χ4v) is 10.3. The molecule has 0 bridgehead atoms. The molecule has 0 aliphatic carbocycles. The summed E-state index contributed by atoms with van der Waals surface area (Å²) in [6.45, 7) is 13.2. The van der Waals surface area contributed by atoms with E-state index in [0.717, 1.165) is 44.6 Å². The number of aliphatic hydroxyl groups is 1. The van der Waals surface area contributed by atoms with Crippen LogP contribution in [0.2, 0.25) is 0 Å². The van der Waals surface area contributed by atoms with Crippen molar-refractivity contribution in [2.24, 2.45) is 5.41 Å². The number of nitrogens with one attached hydrogen (secondary N) is 3. The molecule has 5 aromatic rings. The molecule has 0 spiro atoms. The number of thiazole rings is 1. The Morgan fingerprint density at radius 1 is 0.957 bits per heavy atom. The Labute approximate surface area is 412 Å². The van der Waals surface area contributed by atoms with E-state index in [1.54, 1.807) is 16.8 Å². The molecule has 2 aromatic heterocycles. The van der Waals surface area contributed by atoms with Gasteiger partial charge in [0.25, 0.3) is 0 Å². The molecule has 0 unspecified atom stereocenters. The van der Waals surface area contributed by atoms with Crippen LogP contribution in [0.5, 0.6) is 5.75 Å². The fraction of sp³-hybridized carbons (Fsp3) is 0.509. The highest BCUT2D eigenvalue weighted by Gasteiger charge is 2.45. The lowest BCUT2D eigenvalue weighted by molar-refractivity contribution is -0.144.